The smallest absolute Gasteiger partial charge is 0.341 e. The summed E-state index contributed by atoms with van der Waals surface area (Å²) in [5.41, 5.74) is 1.65. The van der Waals surface area contributed by atoms with Crippen LogP contribution < -0.4 is 10.6 Å². The Balaban J connectivity index is 1.86. The van der Waals surface area contributed by atoms with E-state index in [2.05, 4.69) is 10.6 Å². The normalized spacial score (nSPS) is 10.7. The van der Waals surface area contributed by atoms with Gasteiger partial charge in [-0.2, -0.15) is 0 Å². The molecule has 32 heavy (non-hydrogen) atoms. The molecule has 0 atom stereocenters. The standard InChI is InChI=1S/C24H21FN2O4S/c1-3-31-24(30)20-15(2)21(22(29)26-18-10-5-4-6-11-18)32-23(20)27-19(28)13-12-16-8-7-9-17(25)14-16/h4-14H,3H2,1-2H3,(H,26,29)(H,27,28)/b13-12+. The number of ether oxygens (including phenoxy) is 1. The van der Waals surface area contributed by atoms with Crippen molar-refractivity contribution in [3.05, 3.63) is 88.1 Å². The minimum Gasteiger partial charge on any atom is -0.462 e. The average Bonchev–Trinajstić information content (AvgIpc) is 3.09. The Kier molecular flexibility index (Phi) is 7.51. The summed E-state index contributed by atoms with van der Waals surface area (Å²) in [6.07, 6.45) is 2.68. The van der Waals surface area contributed by atoms with Gasteiger partial charge >= 0.3 is 5.97 Å². The monoisotopic (exact) mass is 452 g/mol. The number of rotatable bonds is 7. The van der Waals surface area contributed by atoms with Crippen LogP contribution in [-0.2, 0) is 9.53 Å². The van der Waals surface area contributed by atoms with Crippen LogP contribution in [0.4, 0.5) is 15.1 Å². The molecular formula is C24H21FN2O4S. The maximum atomic E-state index is 13.3. The molecule has 0 radical (unpaired) electrons. The van der Waals surface area contributed by atoms with Crippen LogP contribution in [0.3, 0.4) is 0 Å². The summed E-state index contributed by atoms with van der Waals surface area (Å²) < 4.78 is 18.4. The van der Waals surface area contributed by atoms with Crippen molar-refractivity contribution in [1.82, 2.24) is 0 Å². The number of hydrogen-bond donors (Lipinski definition) is 2. The van der Waals surface area contributed by atoms with E-state index >= 15 is 0 Å². The van der Waals surface area contributed by atoms with Crippen LogP contribution in [-0.4, -0.2) is 24.4 Å². The molecular weight excluding hydrogens is 431 g/mol. The van der Waals surface area contributed by atoms with Crippen LogP contribution in [0.2, 0.25) is 0 Å². The highest BCUT2D eigenvalue weighted by atomic mass is 32.1. The lowest BCUT2D eigenvalue weighted by Gasteiger charge is -2.06. The van der Waals surface area contributed by atoms with Crippen LogP contribution in [0.1, 0.15) is 38.1 Å². The second kappa shape index (κ2) is 10.5. The maximum Gasteiger partial charge on any atom is 0.341 e. The van der Waals surface area contributed by atoms with Gasteiger partial charge < -0.3 is 15.4 Å². The summed E-state index contributed by atoms with van der Waals surface area (Å²) in [7, 11) is 0. The van der Waals surface area contributed by atoms with Gasteiger partial charge in [0.2, 0.25) is 5.91 Å². The molecule has 0 bridgehead atoms. The number of thiophene rings is 1. The Morgan fingerprint density at radius 3 is 2.50 bits per heavy atom. The van der Waals surface area contributed by atoms with E-state index in [0.29, 0.717) is 16.8 Å². The zero-order chi connectivity index (χ0) is 23.1. The molecule has 0 saturated carbocycles. The van der Waals surface area contributed by atoms with Gasteiger partial charge in [0.15, 0.2) is 0 Å². The van der Waals surface area contributed by atoms with Crippen molar-refractivity contribution in [2.75, 3.05) is 17.2 Å². The number of esters is 1. The molecule has 0 saturated heterocycles. The number of nitrogens with one attached hydrogen (secondary N) is 2. The minimum atomic E-state index is -0.635. The zero-order valence-corrected chi connectivity index (χ0v) is 18.3. The number of carbonyl (C=O) groups is 3. The van der Waals surface area contributed by atoms with Gasteiger partial charge in [0.25, 0.3) is 5.91 Å². The van der Waals surface area contributed by atoms with Crippen LogP contribution in [0.5, 0.6) is 0 Å². The van der Waals surface area contributed by atoms with Crippen LogP contribution >= 0.6 is 11.3 Å². The lowest BCUT2D eigenvalue weighted by Crippen LogP contribution is -2.13. The molecule has 1 aromatic heterocycles. The third-order valence-electron chi connectivity index (χ3n) is 4.38. The second-order valence-electron chi connectivity index (χ2n) is 6.68. The Labute approximate surface area is 188 Å². The van der Waals surface area contributed by atoms with Crippen molar-refractivity contribution >= 4 is 45.9 Å². The number of anilines is 2. The van der Waals surface area contributed by atoms with Crippen molar-refractivity contribution < 1.29 is 23.5 Å². The van der Waals surface area contributed by atoms with E-state index in [1.54, 1.807) is 44.2 Å². The first-order chi connectivity index (χ1) is 15.4. The summed E-state index contributed by atoms with van der Waals surface area (Å²) in [4.78, 5) is 38.0. The van der Waals surface area contributed by atoms with Crippen molar-refractivity contribution in [2.45, 2.75) is 13.8 Å². The molecule has 2 aromatic carbocycles. The van der Waals surface area contributed by atoms with Crippen molar-refractivity contribution in [3.8, 4) is 0 Å². The highest BCUT2D eigenvalue weighted by molar-refractivity contribution is 7.19. The van der Waals surface area contributed by atoms with Gasteiger partial charge in [-0.15, -0.1) is 11.3 Å². The van der Waals surface area contributed by atoms with E-state index in [0.717, 1.165) is 11.3 Å². The second-order valence-corrected chi connectivity index (χ2v) is 7.70. The van der Waals surface area contributed by atoms with Gasteiger partial charge in [-0.05, 0) is 55.3 Å². The Morgan fingerprint density at radius 2 is 1.81 bits per heavy atom. The summed E-state index contributed by atoms with van der Waals surface area (Å²) in [6, 6.07) is 14.7. The summed E-state index contributed by atoms with van der Waals surface area (Å²) in [5, 5.41) is 5.61. The Morgan fingerprint density at radius 1 is 1.06 bits per heavy atom. The number of halogens is 1. The third-order valence-corrected chi connectivity index (χ3v) is 5.58. The molecule has 2 amide bonds. The van der Waals surface area contributed by atoms with E-state index in [1.165, 1.54) is 30.4 Å². The number of para-hydroxylation sites is 1. The van der Waals surface area contributed by atoms with Crippen molar-refractivity contribution in [2.24, 2.45) is 0 Å². The fourth-order valence-electron chi connectivity index (χ4n) is 2.91. The highest BCUT2D eigenvalue weighted by Gasteiger charge is 2.26. The molecule has 0 fully saturated rings. The number of benzene rings is 2. The summed E-state index contributed by atoms with van der Waals surface area (Å²) in [5.74, 6) is -1.99. The predicted octanol–water partition coefficient (Wildman–Crippen LogP) is 5.28. The summed E-state index contributed by atoms with van der Waals surface area (Å²) >= 11 is 0.981. The van der Waals surface area contributed by atoms with Gasteiger partial charge in [0, 0.05) is 11.8 Å². The minimum absolute atomic E-state index is 0.127. The molecule has 6 nitrogen and oxygen atoms in total. The van der Waals surface area contributed by atoms with Gasteiger partial charge in [-0.3, -0.25) is 9.59 Å². The zero-order valence-electron chi connectivity index (χ0n) is 17.5. The molecule has 3 aromatic rings. The Hall–Kier alpha value is -3.78. The predicted molar refractivity (Wildman–Crippen MR) is 123 cm³/mol. The lowest BCUT2D eigenvalue weighted by atomic mass is 10.1. The SMILES string of the molecule is CCOC(=O)c1c(NC(=O)/C=C/c2cccc(F)c2)sc(C(=O)Nc2ccccc2)c1C. The van der Waals surface area contributed by atoms with E-state index in [1.807, 2.05) is 6.07 Å². The number of hydrogen-bond acceptors (Lipinski definition) is 5. The van der Waals surface area contributed by atoms with E-state index in [4.69, 9.17) is 4.74 Å². The largest absolute Gasteiger partial charge is 0.462 e. The van der Waals surface area contributed by atoms with Crippen molar-refractivity contribution in [3.63, 3.8) is 0 Å². The molecule has 0 aliphatic rings. The van der Waals surface area contributed by atoms with Crippen LogP contribution in [0, 0.1) is 12.7 Å². The topological polar surface area (TPSA) is 84.5 Å². The maximum absolute atomic E-state index is 13.3. The first-order valence-corrected chi connectivity index (χ1v) is 10.6. The number of carbonyl (C=O) groups excluding carboxylic acids is 3. The number of amides is 2. The van der Waals surface area contributed by atoms with Crippen LogP contribution in [0.15, 0.2) is 60.7 Å². The fraction of sp³-hybridized carbons (Fsp3) is 0.125. The first kappa shape index (κ1) is 22.9. The molecule has 0 aliphatic carbocycles. The quantitative estimate of drug-likeness (QED) is 0.378. The molecule has 2 N–H and O–H groups in total. The Bertz CT molecular complexity index is 1170. The molecule has 0 spiro atoms. The fourth-order valence-corrected chi connectivity index (χ4v) is 4.01. The molecule has 0 aliphatic heterocycles. The molecule has 8 heteroatoms. The highest BCUT2D eigenvalue weighted by Crippen LogP contribution is 2.34. The van der Waals surface area contributed by atoms with E-state index in [-0.39, 0.29) is 22.0 Å². The molecule has 1 heterocycles. The molecule has 0 unspecified atom stereocenters. The van der Waals surface area contributed by atoms with Crippen LogP contribution in [0.25, 0.3) is 6.08 Å². The van der Waals surface area contributed by atoms with Gasteiger partial charge in [-0.1, -0.05) is 30.3 Å². The lowest BCUT2D eigenvalue weighted by molar-refractivity contribution is -0.111. The third kappa shape index (κ3) is 5.67. The van der Waals surface area contributed by atoms with E-state index in [9.17, 15) is 18.8 Å². The van der Waals surface area contributed by atoms with Gasteiger partial charge in [0.05, 0.1) is 17.0 Å². The molecule has 3 rings (SSSR count). The van der Waals surface area contributed by atoms with Crippen molar-refractivity contribution in [1.29, 1.82) is 0 Å². The summed E-state index contributed by atoms with van der Waals surface area (Å²) in [6.45, 7) is 3.44. The van der Waals surface area contributed by atoms with Gasteiger partial charge in [0.1, 0.15) is 10.8 Å². The molecule has 164 valence electrons. The van der Waals surface area contributed by atoms with Gasteiger partial charge in [-0.25, -0.2) is 9.18 Å². The first-order valence-electron chi connectivity index (χ1n) is 9.80. The van der Waals surface area contributed by atoms with E-state index < -0.39 is 23.6 Å². The average molecular weight is 453 g/mol.